The molecule has 1 aromatic carbocycles. The minimum atomic E-state index is -1.06. The highest BCUT2D eigenvalue weighted by molar-refractivity contribution is 5.99. The Kier molecular flexibility index (Phi) is 2.96. The number of fused-ring (bicyclic) bond motifs is 3. The molecular formula is C22H24N2O6. The summed E-state index contributed by atoms with van der Waals surface area (Å²) in [5, 5.41) is 14.7. The van der Waals surface area contributed by atoms with Gasteiger partial charge in [-0.25, -0.2) is 4.79 Å². The maximum absolute atomic E-state index is 13.6. The fraction of sp³-hybridized carbons (Fsp3) is 0.636. The molecule has 1 aromatic rings. The molecule has 30 heavy (non-hydrogen) atoms. The van der Waals surface area contributed by atoms with E-state index in [1.54, 1.807) is 0 Å². The van der Waals surface area contributed by atoms with Gasteiger partial charge in [-0.3, -0.25) is 9.69 Å². The van der Waals surface area contributed by atoms with Gasteiger partial charge >= 0.3 is 5.97 Å². The van der Waals surface area contributed by atoms with Crippen LogP contribution in [0.3, 0.4) is 0 Å². The number of ketones is 1. The van der Waals surface area contributed by atoms with Crippen LogP contribution < -0.4 is 14.8 Å². The van der Waals surface area contributed by atoms with Crippen molar-refractivity contribution in [3.05, 3.63) is 17.7 Å². The van der Waals surface area contributed by atoms with Crippen molar-refractivity contribution in [2.75, 3.05) is 32.3 Å². The second kappa shape index (κ2) is 5.11. The zero-order valence-electron chi connectivity index (χ0n) is 16.8. The number of carbonyl (C=O) groups is 2. The lowest BCUT2D eigenvalue weighted by Crippen LogP contribution is -2.78. The number of hydrogen-bond acceptors (Lipinski definition) is 8. The molecule has 4 fully saturated rings. The number of aliphatic hydroxyl groups excluding tert-OH is 1. The number of Topliss-reactive ketones (excluding diaryl/α,β-unsaturated/α-hetero) is 1. The zero-order valence-corrected chi connectivity index (χ0v) is 16.8. The average Bonchev–Trinajstić information content (AvgIpc) is 3.41. The van der Waals surface area contributed by atoms with Crippen LogP contribution in [-0.2, 0) is 19.7 Å². The molecule has 4 heterocycles. The number of nitrogens with zero attached hydrogens (tertiary/aromatic N) is 1. The molecule has 0 unspecified atom stereocenters. The third-order valence-electron chi connectivity index (χ3n) is 9.08. The Hall–Kier alpha value is -2.32. The van der Waals surface area contributed by atoms with Gasteiger partial charge in [0, 0.05) is 36.9 Å². The van der Waals surface area contributed by atoms with Crippen LogP contribution in [0.25, 0.3) is 0 Å². The molecule has 6 aliphatic rings. The van der Waals surface area contributed by atoms with Crippen LogP contribution in [-0.4, -0.2) is 66.4 Å². The van der Waals surface area contributed by atoms with E-state index in [2.05, 4.69) is 10.2 Å². The first kappa shape index (κ1) is 17.4. The van der Waals surface area contributed by atoms with Gasteiger partial charge in [0.1, 0.15) is 11.3 Å². The standard InChI is InChI=1S/C22H24N2O6/c1-28-19(27)21-6-5-20-8-13(25)12-9-24(7-4-15(20)26)18(20)22(12,21)11-2-3-14-17(16(11)23-21)30-10-29-14/h2-3,12,15,18,23,26H,4-10H2,1H3/t12-,15-,18+,20-,21-,22+/m1/s1. The molecule has 2 N–H and O–H groups in total. The number of ether oxygens (including phenoxy) is 3. The van der Waals surface area contributed by atoms with Crippen molar-refractivity contribution in [3.63, 3.8) is 0 Å². The van der Waals surface area contributed by atoms with Crippen molar-refractivity contribution < 1.29 is 28.9 Å². The largest absolute Gasteiger partial charge is 0.467 e. The lowest BCUT2D eigenvalue weighted by atomic mass is 9.41. The highest BCUT2D eigenvalue weighted by Gasteiger charge is 2.83. The molecule has 158 valence electrons. The third kappa shape index (κ3) is 1.51. The van der Waals surface area contributed by atoms with Gasteiger partial charge in [-0.15, -0.1) is 0 Å². The lowest BCUT2D eigenvalue weighted by Gasteiger charge is -2.65. The minimum Gasteiger partial charge on any atom is -0.467 e. The number of hydrogen-bond donors (Lipinski definition) is 2. The average molecular weight is 412 g/mol. The first-order valence-electron chi connectivity index (χ1n) is 10.7. The highest BCUT2D eigenvalue weighted by atomic mass is 16.7. The maximum Gasteiger partial charge on any atom is 0.332 e. The Bertz CT molecular complexity index is 1030. The summed E-state index contributed by atoms with van der Waals surface area (Å²) in [4.78, 5) is 29.5. The normalized spacial score (nSPS) is 44.3. The summed E-state index contributed by atoms with van der Waals surface area (Å²) >= 11 is 0. The van der Waals surface area contributed by atoms with Crippen LogP contribution in [0.2, 0.25) is 0 Å². The molecular weight excluding hydrogens is 388 g/mol. The molecule has 1 spiro atoms. The molecule has 8 nitrogen and oxygen atoms in total. The Morgan fingerprint density at radius 2 is 2.20 bits per heavy atom. The fourth-order valence-corrected chi connectivity index (χ4v) is 8.21. The first-order valence-corrected chi connectivity index (χ1v) is 10.7. The Labute approximate surface area is 173 Å². The van der Waals surface area contributed by atoms with E-state index in [0.717, 1.165) is 17.8 Å². The molecule has 2 saturated heterocycles. The monoisotopic (exact) mass is 412 g/mol. The van der Waals surface area contributed by atoms with E-state index in [-0.39, 0.29) is 30.5 Å². The number of benzene rings is 1. The predicted octanol–water partition coefficient (Wildman–Crippen LogP) is 0.808. The van der Waals surface area contributed by atoms with Gasteiger partial charge in [0.05, 0.1) is 24.3 Å². The second-order valence-electron chi connectivity index (χ2n) is 9.74. The van der Waals surface area contributed by atoms with Gasteiger partial charge in [-0.05, 0) is 30.9 Å². The van der Waals surface area contributed by atoms with Crippen molar-refractivity contribution in [2.24, 2.45) is 11.3 Å². The summed E-state index contributed by atoms with van der Waals surface area (Å²) in [6.07, 6.45) is 1.62. The fourth-order valence-electron chi connectivity index (χ4n) is 8.21. The van der Waals surface area contributed by atoms with E-state index in [1.165, 1.54) is 7.11 Å². The molecule has 4 aliphatic heterocycles. The molecule has 6 atom stereocenters. The number of esters is 1. The Morgan fingerprint density at radius 1 is 1.33 bits per heavy atom. The molecule has 0 radical (unpaired) electrons. The second-order valence-corrected chi connectivity index (χ2v) is 9.74. The van der Waals surface area contributed by atoms with Crippen molar-refractivity contribution in [3.8, 4) is 11.5 Å². The van der Waals surface area contributed by atoms with E-state index < -0.39 is 22.5 Å². The van der Waals surface area contributed by atoms with Crippen LogP contribution in [0, 0.1) is 11.3 Å². The van der Waals surface area contributed by atoms with Crippen LogP contribution in [0.5, 0.6) is 11.5 Å². The molecule has 7 rings (SSSR count). The number of nitrogens with one attached hydrogen (secondary N) is 1. The topological polar surface area (TPSA) is 97.3 Å². The van der Waals surface area contributed by atoms with E-state index in [9.17, 15) is 14.7 Å². The summed E-state index contributed by atoms with van der Waals surface area (Å²) in [7, 11) is 1.41. The molecule has 2 saturated carbocycles. The van der Waals surface area contributed by atoms with Gasteiger partial charge in [0.2, 0.25) is 6.79 Å². The first-order chi connectivity index (χ1) is 14.5. The van der Waals surface area contributed by atoms with Gasteiger partial charge in [-0.2, -0.15) is 0 Å². The summed E-state index contributed by atoms with van der Waals surface area (Å²) in [6, 6.07) is 3.78. The number of aliphatic hydroxyl groups is 1. The van der Waals surface area contributed by atoms with Crippen molar-refractivity contribution in [1.82, 2.24) is 4.90 Å². The molecule has 2 aliphatic carbocycles. The quantitative estimate of drug-likeness (QED) is 0.654. The van der Waals surface area contributed by atoms with E-state index in [1.807, 2.05) is 12.1 Å². The van der Waals surface area contributed by atoms with Gasteiger partial charge in [-0.1, -0.05) is 6.07 Å². The third-order valence-corrected chi connectivity index (χ3v) is 9.08. The predicted molar refractivity (Wildman–Crippen MR) is 103 cm³/mol. The Balaban J connectivity index is 1.58. The number of carbonyl (C=O) groups excluding carboxylic acids is 2. The molecule has 4 bridgehead atoms. The van der Waals surface area contributed by atoms with Crippen molar-refractivity contribution in [2.45, 2.75) is 48.8 Å². The summed E-state index contributed by atoms with van der Waals surface area (Å²) in [5.41, 5.74) is -0.703. The smallest absolute Gasteiger partial charge is 0.332 e. The van der Waals surface area contributed by atoms with E-state index in [4.69, 9.17) is 14.2 Å². The van der Waals surface area contributed by atoms with Gasteiger partial charge in [0.15, 0.2) is 11.5 Å². The SMILES string of the molecule is COC(=O)[C@]12CC[C@@]34CC(=O)[C@H]5CN(CC[C@H]3O)[C@@H]4[C@]51c1ccc3c(c1N2)OCO3. The number of anilines is 1. The molecule has 0 aromatic heterocycles. The van der Waals surface area contributed by atoms with Crippen LogP contribution >= 0.6 is 0 Å². The zero-order chi connectivity index (χ0) is 20.5. The van der Waals surface area contributed by atoms with Crippen molar-refractivity contribution in [1.29, 1.82) is 0 Å². The van der Waals surface area contributed by atoms with E-state index >= 15 is 0 Å². The summed E-state index contributed by atoms with van der Waals surface area (Å²) < 4.78 is 16.7. The van der Waals surface area contributed by atoms with Crippen LogP contribution in [0.15, 0.2) is 12.1 Å². The van der Waals surface area contributed by atoms with Gasteiger partial charge in [0.25, 0.3) is 0 Å². The number of piperidine rings is 1. The summed E-state index contributed by atoms with van der Waals surface area (Å²) in [5.74, 6) is 0.721. The van der Waals surface area contributed by atoms with Crippen LogP contribution in [0.1, 0.15) is 31.2 Å². The lowest BCUT2D eigenvalue weighted by molar-refractivity contribution is -0.178. The molecule has 0 amide bonds. The summed E-state index contributed by atoms with van der Waals surface area (Å²) in [6.45, 7) is 1.48. The van der Waals surface area contributed by atoms with E-state index in [0.29, 0.717) is 43.7 Å². The number of methoxy groups -OCH3 is 1. The van der Waals surface area contributed by atoms with Crippen LogP contribution in [0.4, 0.5) is 5.69 Å². The highest BCUT2D eigenvalue weighted by Crippen LogP contribution is 2.73. The van der Waals surface area contributed by atoms with Gasteiger partial charge < -0.3 is 24.6 Å². The van der Waals surface area contributed by atoms with Crippen molar-refractivity contribution >= 4 is 17.4 Å². The number of rotatable bonds is 1. The Morgan fingerprint density at radius 3 is 3.03 bits per heavy atom. The minimum absolute atomic E-state index is 0.0987. The molecule has 8 heteroatoms. The maximum atomic E-state index is 13.6.